The lowest BCUT2D eigenvalue weighted by molar-refractivity contribution is -0.120. The van der Waals surface area contributed by atoms with Gasteiger partial charge in [-0.3, -0.25) is 14.6 Å². The summed E-state index contributed by atoms with van der Waals surface area (Å²) < 4.78 is 0. The van der Waals surface area contributed by atoms with Crippen LogP contribution in [0.4, 0.5) is 5.82 Å². The minimum Gasteiger partial charge on any atom is -0.383 e. The first kappa shape index (κ1) is 19.8. The number of carbonyl (C=O) groups is 2. The van der Waals surface area contributed by atoms with E-state index in [4.69, 9.17) is 5.73 Å². The summed E-state index contributed by atoms with van der Waals surface area (Å²) in [6, 6.07) is 9.11. The van der Waals surface area contributed by atoms with Crippen molar-refractivity contribution >= 4 is 17.6 Å². The highest BCUT2D eigenvalue weighted by atomic mass is 16.2. The molecule has 0 aromatic carbocycles. The average molecular weight is 381 g/mol. The number of carbonyl (C=O) groups excluding carboxylic acids is 2. The van der Waals surface area contributed by atoms with Crippen molar-refractivity contribution in [1.82, 2.24) is 20.6 Å². The molecule has 1 aliphatic carbocycles. The van der Waals surface area contributed by atoms with E-state index in [9.17, 15) is 9.59 Å². The monoisotopic (exact) mass is 381 g/mol. The van der Waals surface area contributed by atoms with E-state index in [1.165, 1.54) is 0 Å². The van der Waals surface area contributed by atoms with E-state index in [0.717, 1.165) is 31.4 Å². The average Bonchev–Trinajstić information content (AvgIpc) is 2.71. The lowest BCUT2D eigenvalue weighted by atomic mass is 9.77. The number of amides is 2. The molecule has 3 rings (SSSR count). The maximum absolute atomic E-state index is 12.3. The van der Waals surface area contributed by atoms with Crippen LogP contribution in [0.1, 0.15) is 54.7 Å². The lowest BCUT2D eigenvalue weighted by Crippen LogP contribution is -2.36. The number of rotatable bonds is 6. The fraction of sp³-hybridized carbons (Fsp3) is 0.429. The van der Waals surface area contributed by atoms with Gasteiger partial charge in [-0.15, -0.1) is 0 Å². The Labute approximate surface area is 165 Å². The van der Waals surface area contributed by atoms with Gasteiger partial charge in [-0.05, 0) is 61.8 Å². The van der Waals surface area contributed by atoms with Gasteiger partial charge in [0.1, 0.15) is 5.82 Å². The topological polar surface area (TPSA) is 110 Å². The van der Waals surface area contributed by atoms with Crippen LogP contribution in [0.5, 0.6) is 0 Å². The highest BCUT2D eigenvalue weighted by Gasteiger charge is 2.30. The van der Waals surface area contributed by atoms with Gasteiger partial charge < -0.3 is 16.4 Å². The second-order valence-electron chi connectivity index (χ2n) is 7.36. The van der Waals surface area contributed by atoms with Gasteiger partial charge >= 0.3 is 0 Å². The number of pyridine rings is 2. The molecule has 0 unspecified atom stereocenters. The maximum Gasteiger partial charge on any atom is 0.255 e. The van der Waals surface area contributed by atoms with Crippen molar-refractivity contribution in [2.75, 3.05) is 12.3 Å². The number of nitrogens with zero attached hydrogens (tertiary/aromatic N) is 2. The van der Waals surface area contributed by atoms with E-state index < -0.39 is 0 Å². The molecule has 2 heterocycles. The SMILES string of the molecule is CC(=O)N[C@H](c1ccccn1)C1CCC(CNC(=O)c2cccnc2N)CC1. The van der Waals surface area contributed by atoms with Gasteiger partial charge in [0, 0.05) is 25.9 Å². The Kier molecular flexibility index (Phi) is 6.57. The summed E-state index contributed by atoms with van der Waals surface area (Å²) in [4.78, 5) is 32.4. The second kappa shape index (κ2) is 9.30. The summed E-state index contributed by atoms with van der Waals surface area (Å²) in [6.07, 6.45) is 7.29. The third-order valence-electron chi connectivity index (χ3n) is 5.36. The van der Waals surface area contributed by atoms with E-state index >= 15 is 0 Å². The van der Waals surface area contributed by atoms with E-state index in [1.807, 2.05) is 18.2 Å². The molecule has 1 aliphatic rings. The summed E-state index contributed by atoms with van der Waals surface area (Å²) in [7, 11) is 0. The molecule has 28 heavy (non-hydrogen) atoms. The van der Waals surface area contributed by atoms with Crippen LogP contribution in [0, 0.1) is 11.8 Å². The zero-order valence-corrected chi connectivity index (χ0v) is 16.1. The zero-order chi connectivity index (χ0) is 19.9. The van der Waals surface area contributed by atoms with Crippen LogP contribution in [0.25, 0.3) is 0 Å². The Balaban J connectivity index is 1.54. The smallest absolute Gasteiger partial charge is 0.255 e. The molecular weight excluding hydrogens is 354 g/mol. The van der Waals surface area contributed by atoms with Crippen LogP contribution in [0.3, 0.4) is 0 Å². The molecule has 0 aliphatic heterocycles. The Hall–Kier alpha value is -2.96. The second-order valence-corrected chi connectivity index (χ2v) is 7.36. The van der Waals surface area contributed by atoms with Crippen LogP contribution in [0.2, 0.25) is 0 Å². The molecule has 0 bridgehead atoms. The summed E-state index contributed by atoms with van der Waals surface area (Å²) in [5.74, 6) is 0.785. The van der Waals surface area contributed by atoms with Crippen LogP contribution < -0.4 is 16.4 Å². The minimum atomic E-state index is -0.183. The Morgan fingerprint density at radius 3 is 2.50 bits per heavy atom. The zero-order valence-electron chi connectivity index (χ0n) is 16.1. The minimum absolute atomic E-state index is 0.0425. The Morgan fingerprint density at radius 1 is 1.11 bits per heavy atom. The van der Waals surface area contributed by atoms with Gasteiger partial charge in [-0.1, -0.05) is 6.07 Å². The van der Waals surface area contributed by atoms with E-state index in [1.54, 1.807) is 31.5 Å². The molecule has 7 heteroatoms. The molecule has 4 N–H and O–H groups in total. The molecule has 2 amide bonds. The van der Waals surface area contributed by atoms with Crippen molar-refractivity contribution in [1.29, 1.82) is 0 Å². The first-order chi connectivity index (χ1) is 13.5. The van der Waals surface area contributed by atoms with Crippen molar-refractivity contribution in [2.45, 2.75) is 38.6 Å². The fourth-order valence-corrected chi connectivity index (χ4v) is 3.88. The first-order valence-corrected chi connectivity index (χ1v) is 9.71. The van der Waals surface area contributed by atoms with E-state index in [0.29, 0.717) is 23.9 Å². The standard InChI is InChI=1S/C21H27N5O2/c1-14(27)26-19(18-6-2-3-11-23-18)16-9-7-15(8-10-16)13-25-21(28)17-5-4-12-24-20(17)22/h2-6,11-12,15-16,19H,7-10,13H2,1H3,(H2,22,24)(H,25,28)(H,26,27)/t15?,16?,19-/m0/s1. The van der Waals surface area contributed by atoms with Crippen molar-refractivity contribution in [2.24, 2.45) is 11.8 Å². The molecule has 148 valence electrons. The van der Waals surface area contributed by atoms with Crippen molar-refractivity contribution in [3.05, 3.63) is 54.0 Å². The number of hydrogen-bond acceptors (Lipinski definition) is 5. The quantitative estimate of drug-likeness (QED) is 0.712. The summed E-state index contributed by atoms with van der Waals surface area (Å²) in [6.45, 7) is 2.16. The normalized spacial score (nSPS) is 20.2. The molecule has 1 atom stereocenters. The Morgan fingerprint density at radius 2 is 1.86 bits per heavy atom. The first-order valence-electron chi connectivity index (χ1n) is 9.71. The van der Waals surface area contributed by atoms with Crippen molar-refractivity contribution < 1.29 is 9.59 Å². The number of nitrogens with one attached hydrogen (secondary N) is 2. The fourth-order valence-electron chi connectivity index (χ4n) is 3.88. The van der Waals surface area contributed by atoms with Gasteiger partial charge in [-0.2, -0.15) is 0 Å². The number of hydrogen-bond donors (Lipinski definition) is 3. The van der Waals surface area contributed by atoms with Crippen LogP contribution in [-0.4, -0.2) is 28.3 Å². The lowest BCUT2D eigenvalue weighted by Gasteiger charge is -2.34. The van der Waals surface area contributed by atoms with Gasteiger partial charge in [0.05, 0.1) is 17.3 Å². The Bertz CT molecular complexity index is 803. The number of anilines is 1. The molecule has 0 saturated heterocycles. The summed E-state index contributed by atoms with van der Waals surface area (Å²) in [5.41, 5.74) is 7.08. The molecule has 0 radical (unpaired) electrons. The van der Waals surface area contributed by atoms with Crippen molar-refractivity contribution in [3.8, 4) is 0 Å². The third-order valence-corrected chi connectivity index (χ3v) is 5.36. The molecule has 2 aromatic rings. The molecule has 1 saturated carbocycles. The van der Waals surface area contributed by atoms with Crippen molar-refractivity contribution in [3.63, 3.8) is 0 Å². The molecule has 2 aromatic heterocycles. The third kappa shape index (κ3) is 5.06. The van der Waals surface area contributed by atoms with E-state index in [2.05, 4.69) is 20.6 Å². The molecular formula is C21H27N5O2. The predicted molar refractivity (Wildman–Crippen MR) is 107 cm³/mol. The largest absolute Gasteiger partial charge is 0.383 e. The van der Waals surface area contributed by atoms with Gasteiger partial charge in [0.25, 0.3) is 5.91 Å². The van der Waals surface area contributed by atoms with Crippen LogP contribution in [0.15, 0.2) is 42.7 Å². The number of nitrogen functional groups attached to an aromatic ring is 1. The van der Waals surface area contributed by atoms with E-state index in [-0.39, 0.29) is 23.7 Å². The van der Waals surface area contributed by atoms with Crippen LogP contribution in [-0.2, 0) is 4.79 Å². The predicted octanol–water partition coefficient (Wildman–Crippen LogP) is 2.47. The summed E-state index contributed by atoms with van der Waals surface area (Å²) >= 11 is 0. The van der Waals surface area contributed by atoms with Crippen LogP contribution >= 0.6 is 0 Å². The molecule has 1 fully saturated rings. The number of aromatic nitrogens is 2. The van der Waals surface area contributed by atoms with Gasteiger partial charge in [0.2, 0.25) is 5.91 Å². The molecule has 7 nitrogen and oxygen atoms in total. The molecule has 0 spiro atoms. The summed E-state index contributed by atoms with van der Waals surface area (Å²) in [5, 5.41) is 6.04. The highest BCUT2D eigenvalue weighted by molar-refractivity contribution is 5.98. The number of nitrogens with two attached hydrogens (primary N) is 1. The maximum atomic E-state index is 12.3. The highest BCUT2D eigenvalue weighted by Crippen LogP contribution is 2.36. The van der Waals surface area contributed by atoms with Gasteiger partial charge in [0.15, 0.2) is 0 Å². The van der Waals surface area contributed by atoms with Gasteiger partial charge in [-0.25, -0.2) is 4.98 Å².